The van der Waals surface area contributed by atoms with Crippen molar-refractivity contribution in [1.82, 2.24) is 10.3 Å². The Balaban J connectivity index is 2.41. The van der Waals surface area contributed by atoms with Crippen molar-refractivity contribution in [2.75, 3.05) is 13.7 Å². The number of hydrogen-bond donors (Lipinski definition) is 1. The minimum absolute atomic E-state index is 0.0959. The Hall–Kier alpha value is -1.58. The number of benzene rings is 1. The standard InChI is InChI=1S/C17H21ClN2O/c1-4-19-17(12(2)15-7-5-6-10-20-15)14-11-13(18)8-9-16(14)21-3/h5-12,17,19H,4H2,1-3H3. The molecule has 0 spiro atoms. The quantitative estimate of drug-likeness (QED) is 0.868. The summed E-state index contributed by atoms with van der Waals surface area (Å²) >= 11 is 6.17. The number of nitrogens with one attached hydrogen (secondary N) is 1. The number of nitrogens with zero attached hydrogens (tertiary/aromatic N) is 1. The molecule has 2 rings (SSSR count). The van der Waals surface area contributed by atoms with E-state index < -0.39 is 0 Å². The molecule has 21 heavy (non-hydrogen) atoms. The van der Waals surface area contributed by atoms with Gasteiger partial charge in [0.15, 0.2) is 0 Å². The van der Waals surface area contributed by atoms with Crippen LogP contribution in [0.1, 0.15) is 37.1 Å². The summed E-state index contributed by atoms with van der Waals surface area (Å²) in [7, 11) is 1.68. The van der Waals surface area contributed by atoms with Crippen LogP contribution in [0.25, 0.3) is 0 Å². The van der Waals surface area contributed by atoms with Crippen LogP contribution in [0.4, 0.5) is 0 Å². The zero-order valence-corrected chi connectivity index (χ0v) is 13.4. The molecule has 1 heterocycles. The van der Waals surface area contributed by atoms with Crippen LogP contribution in [0.5, 0.6) is 5.75 Å². The van der Waals surface area contributed by atoms with Gasteiger partial charge in [0, 0.05) is 34.4 Å². The van der Waals surface area contributed by atoms with Crippen LogP contribution >= 0.6 is 11.6 Å². The van der Waals surface area contributed by atoms with E-state index in [2.05, 4.69) is 24.1 Å². The maximum Gasteiger partial charge on any atom is 0.123 e. The minimum Gasteiger partial charge on any atom is -0.496 e. The lowest BCUT2D eigenvalue weighted by atomic mass is 9.90. The van der Waals surface area contributed by atoms with Gasteiger partial charge in [0.1, 0.15) is 5.75 Å². The fraction of sp³-hybridized carbons (Fsp3) is 0.353. The van der Waals surface area contributed by atoms with Crippen molar-refractivity contribution in [3.63, 3.8) is 0 Å². The lowest BCUT2D eigenvalue weighted by Gasteiger charge is -2.26. The van der Waals surface area contributed by atoms with E-state index in [0.717, 1.165) is 23.6 Å². The fourth-order valence-electron chi connectivity index (χ4n) is 2.54. The average Bonchev–Trinajstić information content (AvgIpc) is 2.53. The first-order valence-electron chi connectivity index (χ1n) is 7.15. The predicted octanol–water partition coefficient (Wildman–Crippen LogP) is 4.20. The Kier molecular flexibility index (Phi) is 5.59. The van der Waals surface area contributed by atoms with E-state index in [1.54, 1.807) is 7.11 Å². The second-order valence-electron chi connectivity index (χ2n) is 4.96. The van der Waals surface area contributed by atoms with Crippen molar-refractivity contribution in [1.29, 1.82) is 0 Å². The Morgan fingerprint density at radius 2 is 2.10 bits per heavy atom. The largest absolute Gasteiger partial charge is 0.496 e. The van der Waals surface area contributed by atoms with Gasteiger partial charge in [-0.25, -0.2) is 0 Å². The molecule has 0 aliphatic rings. The highest BCUT2D eigenvalue weighted by Gasteiger charge is 2.24. The molecule has 2 atom stereocenters. The summed E-state index contributed by atoms with van der Waals surface area (Å²) in [5.74, 6) is 1.05. The van der Waals surface area contributed by atoms with Crippen LogP contribution in [0.2, 0.25) is 5.02 Å². The van der Waals surface area contributed by atoms with Crippen molar-refractivity contribution in [3.8, 4) is 5.75 Å². The highest BCUT2D eigenvalue weighted by atomic mass is 35.5. The Labute approximate surface area is 131 Å². The van der Waals surface area contributed by atoms with Crippen LogP contribution in [-0.2, 0) is 0 Å². The van der Waals surface area contributed by atoms with Crippen LogP contribution in [-0.4, -0.2) is 18.6 Å². The third-order valence-corrected chi connectivity index (χ3v) is 3.84. The van der Waals surface area contributed by atoms with Crippen molar-refractivity contribution < 1.29 is 4.74 Å². The van der Waals surface area contributed by atoms with Gasteiger partial charge in [-0.1, -0.05) is 31.5 Å². The lowest BCUT2D eigenvalue weighted by molar-refractivity contribution is 0.389. The fourth-order valence-corrected chi connectivity index (χ4v) is 2.72. The first kappa shape index (κ1) is 15.8. The molecule has 1 N–H and O–H groups in total. The first-order valence-corrected chi connectivity index (χ1v) is 7.53. The van der Waals surface area contributed by atoms with E-state index >= 15 is 0 Å². The van der Waals surface area contributed by atoms with Gasteiger partial charge in [-0.05, 0) is 36.9 Å². The molecule has 2 unspecified atom stereocenters. The number of rotatable bonds is 6. The van der Waals surface area contributed by atoms with E-state index in [0.29, 0.717) is 5.02 Å². The number of hydrogen-bond acceptors (Lipinski definition) is 3. The minimum atomic E-state index is 0.0959. The SMILES string of the molecule is CCNC(c1cc(Cl)ccc1OC)C(C)c1ccccn1. The summed E-state index contributed by atoms with van der Waals surface area (Å²) in [5, 5.41) is 4.23. The number of methoxy groups -OCH3 is 1. The van der Waals surface area contributed by atoms with E-state index in [1.165, 1.54) is 0 Å². The average molecular weight is 305 g/mol. The summed E-state index contributed by atoms with van der Waals surface area (Å²) in [6.07, 6.45) is 1.82. The summed E-state index contributed by atoms with van der Waals surface area (Å²) in [6.45, 7) is 5.11. The molecule has 2 aromatic rings. The molecule has 0 amide bonds. The van der Waals surface area contributed by atoms with Gasteiger partial charge in [-0.3, -0.25) is 4.98 Å². The third-order valence-electron chi connectivity index (χ3n) is 3.61. The monoisotopic (exact) mass is 304 g/mol. The molecule has 1 aromatic carbocycles. The van der Waals surface area contributed by atoms with Gasteiger partial charge in [0.05, 0.1) is 7.11 Å². The number of pyridine rings is 1. The number of ether oxygens (including phenoxy) is 1. The summed E-state index contributed by atoms with van der Waals surface area (Å²) in [5.41, 5.74) is 2.11. The van der Waals surface area contributed by atoms with Crippen molar-refractivity contribution in [2.24, 2.45) is 0 Å². The lowest BCUT2D eigenvalue weighted by Crippen LogP contribution is -2.26. The molecule has 0 saturated carbocycles. The molecule has 1 aromatic heterocycles. The highest BCUT2D eigenvalue weighted by molar-refractivity contribution is 6.30. The van der Waals surface area contributed by atoms with Gasteiger partial charge in [-0.15, -0.1) is 0 Å². The van der Waals surface area contributed by atoms with Gasteiger partial charge in [0.25, 0.3) is 0 Å². The summed E-state index contributed by atoms with van der Waals surface area (Å²) in [6, 6.07) is 11.8. The smallest absolute Gasteiger partial charge is 0.123 e. The van der Waals surface area contributed by atoms with E-state index in [-0.39, 0.29) is 12.0 Å². The molecule has 0 fully saturated rings. The van der Waals surface area contributed by atoms with E-state index in [9.17, 15) is 0 Å². The molecular weight excluding hydrogens is 284 g/mol. The Morgan fingerprint density at radius 3 is 2.71 bits per heavy atom. The Morgan fingerprint density at radius 1 is 1.29 bits per heavy atom. The number of aromatic nitrogens is 1. The zero-order chi connectivity index (χ0) is 15.2. The van der Waals surface area contributed by atoms with Crippen molar-refractivity contribution in [2.45, 2.75) is 25.8 Å². The maximum absolute atomic E-state index is 6.17. The molecule has 4 heteroatoms. The molecule has 0 saturated heterocycles. The second kappa shape index (κ2) is 7.43. The number of halogens is 1. The summed E-state index contributed by atoms with van der Waals surface area (Å²) in [4.78, 5) is 4.47. The van der Waals surface area contributed by atoms with Crippen LogP contribution in [0.3, 0.4) is 0 Å². The normalized spacial score (nSPS) is 13.7. The number of likely N-dealkylation sites (N-methyl/N-ethyl adjacent to an activating group) is 1. The van der Waals surface area contributed by atoms with Gasteiger partial charge in [0.2, 0.25) is 0 Å². The molecule has 3 nitrogen and oxygen atoms in total. The third kappa shape index (κ3) is 3.74. The van der Waals surface area contributed by atoms with Crippen LogP contribution in [0, 0.1) is 0 Å². The van der Waals surface area contributed by atoms with Crippen molar-refractivity contribution >= 4 is 11.6 Å². The molecule has 112 valence electrons. The predicted molar refractivity (Wildman–Crippen MR) is 87.1 cm³/mol. The molecule has 0 radical (unpaired) electrons. The second-order valence-corrected chi connectivity index (χ2v) is 5.40. The Bertz CT molecular complexity index is 574. The maximum atomic E-state index is 6.17. The first-order chi connectivity index (χ1) is 10.2. The molecule has 0 aliphatic heterocycles. The summed E-state index contributed by atoms with van der Waals surface area (Å²) < 4.78 is 5.49. The molecular formula is C17H21ClN2O. The van der Waals surface area contributed by atoms with Crippen LogP contribution in [0.15, 0.2) is 42.6 Å². The van der Waals surface area contributed by atoms with Gasteiger partial charge >= 0.3 is 0 Å². The molecule has 0 bridgehead atoms. The van der Waals surface area contributed by atoms with E-state index in [1.807, 2.05) is 42.6 Å². The highest BCUT2D eigenvalue weighted by Crippen LogP contribution is 2.36. The van der Waals surface area contributed by atoms with Crippen molar-refractivity contribution in [3.05, 3.63) is 58.9 Å². The zero-order valence-electron chi connectivity index (χ0n) is 12.6. The van der Waals surface area contributed by atoms with Crippen LogP contribution < -0.4 is 10.1 Å². The van der Waals surface area contributed by atoms with Gasteiger partial charge in [-0.2, -0.15) is 0 Å². The van der Waals surface area contributed by atoms with Gasteiger partial charge < -0.3 is 10.1 Å². The van der Waals surface area contributed by atoms with E-state index in [4.69, 9.17) is 16.3 Å². The molecule has 0 aliphatic carbocycles. The topological polar surface area (TPSA) is 34.1 Å².